The summed E-state index contributed by atoms with van der Waals surface area (Å²) in [7, 11) is 0. The van der Waals surface area contributed by atoms with Gasteiger partial charge in [0.15, 0.2) is 0 Å². The molecule has 110 valence electrons. The Morgan fingerprint density at radius 2 is 2.45 bits per heavy atom. The van der Waals surface area contributed by atoms with E-state index >= 15 is 0 Å². The molecular weight excluding hydrogens is 254 g/mol. The van der Waals surface area contributed by atoms with E-state index in [0.29, 0.717) is 12.5 Å². The van der Waals surface area contributed by atoms with Crippen molar-refractivity contribution in [3.63, 3.8) is 0 Å². The molecule has 1 aromatic heterocycles. The molecule has 0 bridgehead atoms. The number of carbonyl (C=O) groups excluding carboxylic acids is 1. The van der Waals surface area contributed by atoms with Crippen LogP contribution in [0.25, 0.3) is 0 Å². The first-order valence-corrected chi connectivity index (χ1v) is 7.64. The Balaban J connectivity index is 1.45. The number of hydrogen-bond acceptors (Lipinski definition) is 3. The van der Waals surface area contributed by atoms with Crippen LogP contribution >= 0.6 is 0 Å². The quantitative estimate of drug-likeness (QED) is 0.909. The van der Waals surface area contributed by atoms with Gasteiger partial charge >= 0.3 is 0 Å². The standard InChI is InChI=1S/C15H23N3O2/c1-11-9-18-10-12(4-6-14(18)16-11)17-15(19)7-5-13-3-2-8-20-13/h9,12-13H,2-8,10H2,1H3,(H,17,19)/t12-,13+/m0/s1. The molecule has 0 aromatic carbocycles. The van der Waals surface area contributed by atoms with Gasteiger partial charge in [0.05, 0.1) is 11.8 Å². The summed E-state index contributed by atoms with van der Waals surface area (Å²) in [5, 5.41) is 3.15. The number of ether oxygens (including phenoxy) is 1. The zero-order valence-electron chi connectivity index (χ0n) is 12.1. The number of rotatable bonds is 4. The summed E-state index contributed by atoms with van der Waals surface area (Å²) in [4.78, 5) is 16.5. The molecular formula is C15H23N3O2. The number of aryl methyl sites for hydroxylation is 2. The van der Waals surface area contributed by atoms with Crippen molar-refractivity contribution in [1.82, 2.24) is 14.9 Å². The average molecular weight is 277 g/mol. The van der Waals surface area contributed by atoms with E-state index in [1.165, 1.54) is 0 Å². The lowest BCUT2D eigenvalue weighted by Crippen LogP contribution is -2.41. The third-order valence-corrected chi connectivity index (χ3v) is 4.20. The summed E-state index contributed by atoms with van der Waals surface area (Å²) in [5.41, 5.74) is 1.06. The molecule has 1 fully saturated rings. The van der Waals surface area contributed by atoms with Gasteiger partial charge in [-0.2, -0.15) is 0 Å². The highest BCUT2D eigenvalue weighted by atomic mass is 16.5. The smallest absolute Gasteiger partial charge is 0.220 e. The molecule has 1 saturated heterocycles. The van der Waals surface area contributed by atoms with E-state index in [9.17, 15) is 4.79 Å². The Kier molecular flexibility index (Phi) is 4.05. The first kappa shape index (κ1) is 13.6. The van der Waals surface area contributed by atoms with Crippen molar-refractivity contribution in [3.8, 4) is 0 Å². The van der Waals surface area contributed by atoms with Gasteiger partial charge in [0.2, 0.25) is 5.91 Å². The second kappa shape index (κ2) is 5.95. The number of imidazole rings is 1. The summed E-state index contributed by atoms with van der Waals surface area (Å²) in [6, 6.07) is 0.244. The fourth-order valence-electron chi connectivity index (χ4n) is 3.17. The van der Waals surface area contributed by atoms with Gasteiger partial charge in [-0.15, -0.1) is 0 Å². The Bertz CT molecular complexity index is 477. The van der Waals surface area contributed by atoms with Crippen molar-refractivity contribution in [2.45, 2.75) is 64.1 Å². The van der Waals surface area contributed by atoms with Crippen LogP contribution < -0.4 is 5.32 Å². The summed E-state index contributed by atoms with van der Waals surface area (Å²) in [6.45, 7) is 3.72. The molecule has 1 N–H and O–H groups in total. The van der Waals surface area contributed by atoms with Gasteiger partial charge in [-0.3, -0.25) is 4.79 Å². The summed E-state index contributed by atoms with van der Waals surface area (Å²) in [5.74, 6) is 1.30. The van der Waals surface area contributed by atoms with Gasteiger partial charge in [0.25, 0.3) is 0 Å². The first-order valence-electron chi connectivity index (χ1n) is 7.64. The highest BCUT2D eigenvalue weighted by molar-refractivity contribution is 5.76. The van der Waals surface area contributed by atoms with Crippen LogP contribution in [-0.2, 0) is 22.5 Å². The predicted molar refractivity (Wildman–Crippen MR) is 75.4 cm³/mol. The molecule has 0 spiro atoms. The highest BCUT2D eigenvalue weighted by Crippen LogP contribution is 2.18. The first-order chi connectivity index (χ1) is 9.70. The summed E-state index contributed by atoms with van der Waals surface area (Å²) in [6.07, 6.45) is 7.99. The molecule has 2 aliphatic rings. The third kappa shape index (κ3) is 3.20. The van der Waals surface area contributed by atoms with Gasteiger partial charge in [-0.25, -0.2) is 4.98 Å². The molecule has 5 nitrogen and oxygen atoms in total. The van der Waals surface area contributed by atoms with Crippen molar-refractivity contribution >= 4 is 5.91 Å². The topological polar surface area (TPSA) is 56.2 Å². The molecule has 3 rings (SSSR count). The van der Waals surface area contributed by atoms with E-state index in [4.69, 9.17) is 4.74 Å². The molecule has 2 aliphatic heterocycles. The molecule has 5 heteroatoms. The SMILES string of the molecule is Cc1cn2c(n1)CC[C@H](NC(=O)CC[C@H]1CCCO1)C2. The molecule has 1 amide bonds. The van der Waals surface area contributed by atoms with Crippen molar-refractivity contribution < 1.29 is 9.53 Å². The van der Waals surface area contributed by atoms with E-state index in [-0.39, 0.29) is 11.9 Å². The highest BCUT2D eigenvalue weighted by Gasteiger charge is 2.22. The number of hydrogen-bond donors (Lipinski definition) is 1. The maximum atomic E-state index is 12.0. The van der Waals surface area contributed by atoms with Crippen LogP contribution in [0.1, 0.15) is 43.6 Å². The molecule has 0 unspecified atom stereocenters. The second-order valence-electron chi connectivity index (χ2n) is 5.93. The van der Waals surface area contributed by atoms with E-state index in [2.05, 4.69) is 21.1 Å². The van der Waals surface area contributed by atoms with Gasteiger partial charge < -0.3 is 14.6 Å². The second-order valence-corrected chi connectivity index (χ2v) is 5.93. The van der Waals surface area contributed by atoms with Crippen molar-refractivity contribution in [2.24, 2.45) is 0 Å². The Hall–Kier alpha value is -1.36. The molecule has 3 heterocycles. The minimum absolute atomic E-state index is 0.158. The zero-order valence-corrected chi connectivity index (χ0v) is 12.1. The largest absolute Gasteiger partial charge is 0.378 e. The summed E-state index contributed by atoms with van der Waals surface area (Å²) >= 11 is 0. The lowest BCUT2D eigenvalue weighted by molar-refractivity contribution is -0.122. The van der Waals surface area contributed by atoms with E-state index in [0.717, 1.165) is 56.8 Å². The zero-order chi connectivity index (χ0) is 13.9. The normalized spacial score (nSPS) is 25.4. The number of amides is 1. The van der Waals surface area contributed by atoms with Crippen LogP contribution in [-0.4, -0.2) is 34.2 Å². The van der Waals surface area contributed by atoms with Crippen LogP contribution in [0.5, 0.6) is 0 Å². The Labute approximate surface area is 119 Å². The molecule has 2 atom stereocenters. The third-order valence-electron chi connectivity index (χ3n) is 4.20. The fourth-order valence-corrected chi connectivity index (χ4v) is 3.17. The van der Waals surface area contributed by atoms with Crippen molar-refractivity contribution in [1.29, 1.82) is 0 Å². The predicted octanol–water partition coefficient (Wildman–Crippen LogP) is 1.58. The molecule has 0 saturated carbocycles. The Morgan fingerprint density at radius 1 is 1.55 bits per heavy atom. The number of nitrogens with zero attached hydrogens (tertiary/aromatic N) is 2. The number of fused-ring (bicyclic) bond motifs is 1. The maximum Gasteiger partial charge on any atom is 0.220 e. The minimum Gasteiger partial charge on any atom is -0.378 e. The Morgan fingerprint density at radius 3 is 3.25 bits per heavy atom. The maximum absolute atomic E-state index is 12.0. The van der Waals surface area contributed by atoms with Gasteiger partial charge in [0.1, 0.15) is 5.82 Å². The summed E-state index contributed by atoms with van der Waals surface area (Å²) < 4.78 is 7.72. The van der Waals surface area contributed by atoms with Crippen molar-refractivity contribution in [3.05, 3.63) is 17.7 Å². The lowest BCUT2D eigenvalue weighted by Gasteiger charge is -2.24. The number of carbonyl (C=O) groups is 1. The average Bonchev–Trinajstić information content (AvgIpc) is 3.04. The van der Waals surface area contributed by atoms with Crippen LogP contribution in [0, 0.1) is 6.92 Å². The van der Waals surface area contributed by atoms with E-state index in [1.807, 2.05) is 6.92 Å². The molecule has 0 aliphatic carbocycles. The van der Waals surface area contributed by atoms with Crippen molar-refractivity contribution in [2.75, 3.05) is 6.61 Å². The number of nitrogens with one attached hydrogen (secondary N) is 1. The van der Waals surface area contributed by atoms with Gasteiger partial charge in [0, 0.05) is 38.2 Å². The van der Waals surface area contributed by atoms with E-state index < -0.39 is 0 Å². The van der Waals surface area contributed by atoms with Crippen LogP contribution in [0.4, 0.5) is 0 Å². The van der Waals surface area contributed by atoms with Crippen LogP contribution in [0.15, 0.2) is 6.20 Å². The minimum atomic E-state index is 0.158. The molecule has 1 aromatic rings. The number of aromatic nitrogens is 2. The van der Waals surface area contributed by atoms with Gasteiger partial charge in [-0.1, -0.05) is 0 Å². The van der Waals surface area contributed by atoms with Crippen LogP contribution in [0.2, 0.25) is 0 Å². The monoisotopic (exact) mass is 277 g/mol. The van der Waals surface area contributed by atoms with E-state index in [1.54, 1.807) is 0 Å². The van der Waals surface area contributed by atoms with Gasteiger partial charge in [-0.05, 0) is 32.6 Å². The van der Waals surface area contributed by atoms with Crippen LogP contribution in [0.3, 0.4) is 0 Å². The fraction of sp³-hybridized carbons (Fsp3) is 0.733. The molecule has 0 radical (unpaired) electrons. The molecule has 20 heavy (non-hydrogen) atoms. The lowest BCUT2D eigenvalue weighted by atomic mass is 10.1.